The maximum Gasteiger partial charge on any atom is 0.145 e. The van der Waals surface area contributed by atoms with Crippen LogP contribution in [0.5, 0.6) is 0 Å². The first kappa shape index (κ1) is 11.7. The maximum atomic E-state index is 5.71. The summed E-state index contributed by atoms with van der Waals surface area (Å²) >= 11 is 0. The van der Waals surface area contributed by atoms with E-state index in [4.69, 9.17) is 10.2 Å². The molecule has 0 unspecified atom stereocenters. The Morgan fingerprint density at radius 1 is 1.29 bits per heavy atom. The molecule has 2 aromatic heterocycles. The number of anilines is 1. The summed E-state index contributed by atoms with van der Waals surface area (Å²) in [5.41, 5.74) is 5.55. The summed E-state index contributed by atoms with van der Waals surface area (Å²) in [4.78, 5) is 2.08. The van der Waals surface area contributed by atoms with Gasteiger partial charge in [-0.05, 0) is 32.3 Å². The van der Waals surface area contributed by atoms with E-state index >= 15 is 0 Å². The van der Waals surface area contributed by atoms with Crippen LogP contribution in [-0.4, -0.2) is 28.8 Å². The highest BCUT2D eigenvalue weighted by Crippen LogP contribution is 2.11. The van der Waals surface area contributed by atoms with Crippen LogP contribution in [0.1, 0.15) is 11.5 Å². The molecule has 2 N–H and O–H groups in total. The van der Waals surface area contributed by atoms with Crippen LogP contribution in [0.15, 0.2) is 28.8 Å². The van der Waals surface area contributed by atoms with Gasteiger partial charge >= 0.3 is 0 Å². The number of hydrogen-bond acceptors (Lipinski definition) is 4. The van der Waals surface area contributed by atoms with Crippen molar-refractivity contribution in [1.29, 1.82) is 0 Å². The van der Waals surface area contributed by atoms with Crippen LogP contribution in [-0.2, 0) is 19.5 Å². The van der Waals surface area contributed by atoms with Crippen LogP contribution in [0.4, 0.5) is 5.82 Å². The lowest BCUT2D eigenvalue weighted by molar-refractivity contribution is 0.339. The Hall–Kier alpha value is -1.75. The van der Waals surface area contributed by atoms with Crippen molar-refractivity contribution in [1.82, 2.24) is 14.7 Å². The van der Waals surface area contributed by atoms with Crippen LogP contribution in [0.3, 0.4) is 0 Å². The second-order valence-electron chi connectivity index (χ2n) is 4.36. The Bertz CT molecular complexity index is 472. The lowest BCUT2D eigenvalue weighted by atomic mass is 10.3. The lowest BCUT2D eigenvalue weighted by Crippen LogP contribution is -2.09. The minimum absolute atomic E-state index is 0.553. The molecule has 0 amide bonds. The van der Waals surface area contributed by atoms with Crippen molar-refractivity contribution in [2.75, 3.05) is 19.8 Å². The average Bonchev–Trinajstić information content (AvgIpc) is 2.84. The van der Waals surface area contributed by atoms with E-state index in [0.717, 1.165) is 31.0 Å². The third kappa shape index (κ3) is 3.35. The van der Waals surface area contributed by atoms with E-state index < -0.39 is 0 Å². The smallest absolute Gasteiger partial charge is 0.145 e. The number of aromatic nitrogens is 2. The molecule has 0 saturated heterocycles. The van der Waals surface area contributed by atoms with E-state index in [2.05, 4.69) is 10.00 Å². The minimum Gasteiger partial charge on any atom is -0.465 e. The molecule has 0 aromatic carbocycles. The first-order chi connectivity index (χ1) is 8.13. The van der Waals surface area contributed by atoms with Crippen molar-refractivity contribution in [3.63, 3.8) is 0 Å². The molecular weight excluding hydrogens is 216 g/mol. The van der Waals surface area contributed by atoms with Crippen molar-refractivity contribution >= 4 is 5.82 Å². The van der Waals surface area contributed by atoms with Crippen LogP contribution in [0, 0.1) is 0 Å². The normalized spacial score (nSPS) is 11.2. The fourth-order valence-corrected chi connectivity index (χ4v) is 1.68. The van der Waals surface area contributed by atoms with Gasteiger partial charge in [-0.15, -0.1) is 0 Å². The molecule has 0 radical (unpaired) electrons. The molecule has 92 valence electrons. The van der Waals surface area contributed by atoms with Crippen LogP contribution >= 0.6 is 0 Å². The number of nitrogen functional groups attached to an aromatic ring is 1. The van der Waals surface area contributed by atoms with E-state index in [-0.39, 0.29) is 0 Å². The van der Waals surface area contributed by atoms with Crippen molar-refractivity contribution in [3.8, 4) is 0 Å². The Labute approximate surface area is 101 Å². The van der Waals surface area contributed by atoms with Crippen molar-refractivity contribution < 1.29 is 4.42 Å². The monoisotopic (exact) mass is 234 g/mol. The van der Waals surface area contributed by atoms with Gasteiger partial charge in [0.1, 0.15) is 17.3 Å². The van der Waals surface area contributed by atoms with Crippen LogP contribution in [0.2, 0.25) is 0 Å². The number of nitrogens with zero attached hydrogens (tertiary/aromatic N) is 3. The summed E-state index contributed by atoms with van der Waals surface area (Å²) in [7, 11) is 4.05. The summed E-state index contributed by atoms with van der Waals surface area (Å²) < 4.78 is 7.53. The molecule has 5 nitrogen and oxygen atoms in total. The highest BCUT2D eigenvalue weighted by Gasteiger charge is 2.04. The average molecular weight is 234 g/mol. The predicted molar refractivity (Wildman–Crippen MR) is 66.4 cm³/mol. The number of nitrogens with two attached hydrogens (primary N) is 1. The van der Waals surface area contributed by atoms with Gasteiger partial charge in [-0.2, -0.15) is 5.10 Å². The van der Waals surface area contributed by atoms with Gasteiger partial charge in [0.15, 0.2) is 0 Å². The first-order valence-electron chi connectivity index (χ1n) is 5.65. The molecule has 0 aliphatic rings. The number of rotatable bonds is 5. The lowest BCUT2D eigenvalue weighted by Gasteiger charge is -2.05. The van der Waals surface area contributed by atoms with Crippen LogP contribution < -0.4 is 5.73 Å². The van der Waals surface area contributed by atoms with E-state index in [1.165, 1.54) is 0 Å². The molecule has 0 atom stereocenters. The molecule has 0 spiro atoms. The van der Waals surface area contributed by atoms with Crippen molar-refractivity contribution in [3.05, 3.63) is 35.9 Å². The molecule has 5 heteroatoms. The van der Waals surface area contributed by atoms with Crippen molar-refractivity contribution in [2.45, 2.75) is 19.5 Å². The molecular formula is C12H18N4O. The Morgan fingerprint density at radius 2 is 2.06 bits per heavy atom. The molecule has 0 bridgehead atoms. The van der Waals surface area contributed by atoms with Gasteiger partial charge in [-0.25, -0.2) is 0 Å². The summed E-state index contributed by atoms with van der Waals surface area (Å²) in [6.45, 7) is 1.61. The first-order valence-corrected chi connectivity index (χ1v) is 5.65. The second kappa shape index (κ2) is 5.05. The Morgan fingerprint density at radius 3 is 2.71 bits per heavy atom. The Kier molecular flexibility index (Phi) is 3.49. The van der Waals surface area contributed by atoms with E-state index in [1.807, 2.05) is 37.1 Å². The van der Waals surface area contributed by atoms with E-state index in [1.54, 1.807) is 6.07 Å². The molecule has 0 aliphatic carbocycles. The maximum absolute atomic E-state index is 5.71. The third-order valence-corrected chi connectivity index (χ3v) is 2.44. The number of hydrogen-bond donors (Lipinski definition) is 1. The fourth-order valence-electron chi connectivity index (χ4n) is 1.68. The zero-order chi connectivity index (χ0) is 12.3. The predicted octanol–water partition coefficient (Wildman–Crippen LogP) is 1.36. The molecule has 2 aromatic rings. The van der Waals surface area contributed by atoms with Crippen molar-refractivity contribution in [2.24, 2.45) is 0 Å². The van der Waals surface area contributed by atoms with Gasteiger partial charge < -0.3 is 15.1 Å². The van der Waals surface area contributed by atoms with Crippen LogP contribution in [0.25, 0.3) is 0 Å². The fraction of sp³-hybridized carbons (Fsp3) is 0.417. The third-order valence-electron chi connectivity index (χ3n) is 2.44. The number of furan rings is 1. The number of aryl methyl sites for hydroxylation is 2. The van der Waals surface area contributed by atoms with Gasteiger partial charge in [0, 0.05) is 19.2 Å². The van der Waals surface area contributed by atoms with Gasteiger partial charge in [0.05, 0.1) is 6.54 Å². The second-order valence-corrected chi connectivity index (χ2v) is 4.36. The zero-order valence-corrected chi connectivity index (χ0v) is 10.3. The Balaban J connectivity index is 1.89. The molecule has 17 heavy (non-hydrogen) atoms. The highest BCUT2D eigenvalue weighted by atomic mass is 16.3. The molecule has 0 saturated carbocycles. The standard InChI is InChI=1S/C12H18N4O/c1-15(2)9-11-4-3-10(17-11)5-7-16-8-6-12(13)14-16/h3-4,6,8H,5,7,9H2,1-2H3,(H2,13,14). The summed E-state index contributed by atoms with van der Waals surface area (Å²) in [6.07, 6.45) is 2.70. The van der Waals surface area contributed by atoms with E-state index in [0.29, 0.717) is 5.82 Å². The topological polar surface area (TPSA) is 60.2 Å². The summed E-state index contributed by atoms with van der Waals surface area (Å²) in [5.74, 6) is 2.53. The molecule has 0 aliphatic heterocycles. The molecule has 2 rings (SSSR count). The summed E-state index contributed by atoms with van der Waals surface area (Å²) in [5, 5.41) is 4.13. The molecule has 2 heterocycles. The van der Waals surface area contributed by atoms with Gasteiger partial charge in [-0.3, -0.25) is 4.68 Å². The minimum atomic E-state index is 0.553. The van der Waals surface area contributed by atoms with E-state index in [9.17, 15) is 0 Å². The largest absolute Gasteiger partial charge is 0.465 e. The molecule has 0 fully saturated rings. The highest BCUT2D eigenvalue weighted by molar-refractivity contribution is 5.23. The quantitative estimate of drug-likeness (QED) is 0.848. The SMILES string of the molecule is CN(C)Cc1ccc(CCn2ccc(N)n2)o1. The summed E-state index contributed by atoms with van der Waals surface area (Å²) in [6, 6.07) is 5.83. The zero-order valence-electron chi connectivity index (χ0n) is 10.3. The van der Waals surface area contributed by atoms with Gasteiger partial charge in [0.2, 0.25) is 0 Å². The van der Waals surface area contributed by atoms with Gasteiger partial charge in [-0.1, -0.05) is 0 Å². The van der Waals surface area contributed by atoms with Gasteiger partial charge in [0.25, 0.3) is 0 Å².